The highest BCUT2D eigenvalue weighted by Crippen LogP contribution is 2.13. The minimum atomic E-state index is -0.602. The predicted molar refractivity (Wildman–Crippen MR) is 134 cm³/mol. The fourth-order valence-electron chi connectivity index (χ4n) is 3.73. The highest BCUT2D eigenvalue weighted by atomic mass is 16.6. The molecule has 0 aliphatic carbocycles. The van der Waals surface area contributed by atoms with Gasteiger partial charge >= 0.3 is 11.9 Å². The zero-order valence-electron chi connectivity index (χ0n) is 20.5. The van der Waals surface area contributed by atoms with Crippen molar-refractivity contribution >= 4 is 18.2 Å². The molecule has 0 amide bonds. The van der Waals surface area contributed by atoms with E-state index in [4.69, 9.17) is 4.74 Å². The van der Waals surface area contributed by atoms with E-state index >= 15 is 0 Å². The molecule has 0 aromatic heterocycles. The zero-order chi connectivity index (χ0) is 23.3. The average molecular weight is 444 g/mol. The third-order valence-electron chi connectivity index (χ3n) is 5.87. The largest absolute Gasteiger partial charge is 0.389 e. The van der Waals surface area contributed by atoms with Crippen molar-refractivity contribution in [2.45, 2.75) is 110 Å². The van der Waals surface area contributed by atoms with Crippen LogP contribution in [0.4, 0.5) is 0 Å². The summed E-state index contributed by atoms with van der Waals surface area (Å²) in [6.07, 6.45) is 20.9. The molecule has 0 radical (unpaired) electrons. The van der Waals surface area contributed by atoms with E-state index in [0.29, 0.717) is 12.0 Å². The third-order valence-corrected chi connectivity index (χ3v) is 5.87. The number of esters is 2. The molecule has 0 saturated heterocycles. The number of aliphatic imine (C=N–C) groups is 1. The molecule has 0 spiro atoms. The van der Waals surface area contributed by atoms with Crippen molar-refractivity contribution in [2.24, 2.45) is 10.9 Å². The number of benzene rings is 1. The van der Waals surface area contributed by atoms with Crippen LogP contribution in [-0.4, -0.2) is 24.7 Å². The van der Waals surface area contributed by atoms with Crippen molar-refractivity contribution < 1.29 is 14.3 Å². The molecule has 0 bridgehead atoms. The maximum atomic E-state index is 12.2. The van der Waals surface area contributed by atoms with Gasteiger partial charge in [0.15, 0.2) is 0 Å². The van der Waals surface area contributed by atoms with Crippen molar-refractivity contribution in [1.82, 2.24) is 0 Å². The second kappa shape index (κ2) is 19.7. The van der Waals surface area contributed by atoms with Gasteiger partial charge in [-0.2, -0.15) is 0 Å². The SMILES string of the molecule is CCCCCCCCCCCCCCCCN=CC(CC)C(=O)OC(=O)c1ccccc1. The first kappa shape index (κ1) is 28.1. The minimum absolute atomic E-state index is 0.384. The molecule has 4 nitrogen and oxygen atoms in total. The van der Waals surface area contributed by atoms with E-state index in [1.54, 1.807) is 30.5 Å². The maximum absolute atomic E-state index is 12.2. The molecule has 1 rings (SSSR count). The Bertz CT molecular complexity index is 627. The molecular formula is C28H45NO3. The number of hydrogen-bond acceptors (Lipinski definition) is 4. The van der Waals surface area contributed by atoms with Crippen LogP contribution in [-0.2, 0) is 9.53 Å². The Labute approximate surface area is 196 Å². The Kier molecular flexibility index (Phi) is 17.3. The fourth-order valence-corrected chi connectivity index (χ4v) is 3.73. The van der Waals surface area contributed by atoms with Crippen molar-refractivity contribution in [3.05, 3.63) is 35.9 Å². The van der Waals surface area contributed by atoms with E-state index < -0.39 is 17.9 Å². The van der Waals surface area contributed by atoms with Gasteiger partial charge in [0.1, 0.15) is 0 Å². The van der Waals surface area contributed by atoms with Crippen LogP contribution in [0.1, 0.15) is 121 Å². The van der Waals surface area contributed by atoms with Crippen LogP contribution in [0, 0.1) is 5.92 Å². The molecule has 1 aromatic rings. The van der Waals surface area contributed by atoms with Gasteiger partial charge < -0.3 is 4.74 Å². The Balaban J connectivity index is 2.01. The van der Waals surface area contributed by atoms with Gasteiger partial charge in [-0.15, -0.1) is 0 Å². The van der Waals surface area contributed by atoms with Gasteiger partial charge in [0.25, 0.3) is 0 Å². The van der Waals surface area contributed by atoms with Gasteiger partial charge in [0.2, 0.25) is 0 Å². The summed E-state index contributed by atoms with van der Waals surface area (Å²) < 4.78 is 5.00. The predicted octanol–water partition coefficient (Wildman–Crippen LogP) is 7.95. The van der Waals surface area contributed by atoms with Crippen molar-refractivity contribution in [3.8, 4) is 0 Å². The number of ether oxygens (including phenoxy) is 1. The van der Waals surface area contributed by atoms with Crippen molar-refractivity contribution in [3.63, 3.8) is 0 Å². The van der Waals surface area contributed by atoms with E-state index in [2.05, 4.69) is 11.9 Å². The molecule has 1 aromatic carbocycles. The number of carbonyl (C=O) groups is 2. The summed E-state index contributed by atoms with van der Waals surface area (Å²) in [5.41, 5.74) is 0.384. The number of carbonyl (C=O) groups excluding carboxylic acids is 2. The quantitative estimate of drug-likeness (QED) is 0.0943. The van der Waals surface area contributed by atoms with Gasteiger partial charge in [0, 0.05) is 12.8 Å². The lowest BCUT2D eigenvalue weighted by molar-refractivity contribution is -0.140. The number of hydrogen-bond donors (Lipinski definition) is 0. The lowest BCUT2D eigenvalue weighted by Crippen LogP contribution is -2.22. The van der Waals surface area contributed by atoms with E-state index in [1.807, 2.05) is 13.0 Å². The lowest BCUT2D eigenvalue weighted by atomic mass is 10.0. The summed E-state index contributed by atoms with van der Waals surface area (Å²) in [6.45, 7) is 4.90. The van der Waals surface area contributed by atoms with Crippen LogP contribution in [0.15, 0.2) is 35.3 Å². The van der Waals surface area contributed by atoms with Crippen LogP contribution >= 0.6 is 0 Å². The van der Waals surface area contributed by atoms with Crippen molar-refractivity contribution in [1.29, 1.82) is 0 Å². The van der Waals surface area contributed by atoms with Crippen LogP contribution in [0.3, 0.4) is 0 Å². The highest BCUT2D eigenvalue weighted by molar-refractivity contribution is 6.01. The fraction of sp³-hybridized carbons (Fsp3) is 0.679. The van der Waals surface area contributed by atoms with Gasteiger partial charge in [-0.1, -0.05) is 116 Å². The summed E-state index contributed by atoms with van der Waals surface area (Å²) >= 11 is 0. The summed E-state index contributed by atoms with van der Waals surface area (Å²) in [6, 6.07) is 8.59. The Hall–Kier alpha value is -1.97. The summed E-state index contributed by atoms with van der Waals surface area (Å²) in [7, 11) is 0. The Morgan fingerprint density at radius 1 is 0.781 bits per heavy atom. The standard InChI is InChI=1S/C28H45NO3/c1-3-5-6-7-8-9-10-11-12-13-14-15-16-20-23-29-24-25(4-2)27(30)32-28(31)26-21-18-17-19-22-26/h17-19,21-22,24-25H,3-16,20,23H2,1-2H3. The number of rotatable bonds is 19. The first-order valence-electron chi connectivity index (χ1n) is 13.0. The molecule has 32 heavy (non-hydrogen) atoms. The molecule has 0 fully saturated rings. The molecule has 4 heteroatoms. The van der Waals surface area contributed by atoms with Crippen molar-refractivity contribution in [2.75, 3.05) is 6.54 Å². The molecule has 0 heterocycles. The molecule has 0 saturated carbocycles. The summed E-state index contributed by atoms with van der Waals surface area (Å²) in [5.74, 6) is -1.59. The molecule has 180 valence electrons. The number of unbranched alkanes of at least 4 members (excludes halogenated alkanes) is 13. The molecule has 0 aliphatic heterocycles. The first-order valence-corrected chi connectivity index (χ1v) is 13.0. The van der Waals surface area contributed by atoms with E-state index in [-0.39, 0.29) is 0 Å². The summed E-state index contributed by atoms with van der Waals surface area (Å²) in [5, 5.41) is 0. The van der Waals surface area contributed by atoms with Gasteiger partial charge in [-0.3, -0.25) is 9.79 Å². The van der Waals surface area contributed by atoms with Gasteiger partial charge in [-0.25, -0.2) is 4.79 Å². The van der Waals surface area contributed by atoms with Crippen LogP contribution < -0.4 is 0 Å². The number of nitrogens with zero attached hydrogens (tertiary/aromatic N) is 1. The topological polar surface area (TPSA) is 55.7 Å². The summed E-state index contributed by atoms with van der Waals surface area (Å²) in [4.78, 5) is 28.6. The lowest BCUT2D eigenvalue weighted by Gasteiger charge is -2.08. The second-order valence-electron chi connectivity index (χ2n) is 8.74. The molecule has 0 N–H and O–H groups in total. The third kappa shape index (κ3) is 14.2. The van der Waals surface area contributed by atoms with E-state index in [9.17, 15) is 9.59 Å². The van der Waals surface area contributed by atoms with Gasteiger partial charge in [0.05, 0.1) is 11.5 Å². The monoisotopic (exact) mass is 443 g/mol. The minimum Gasteiger partial charge on any atom is -0.389 e. The Morgan fingerprint density at radius 2 is 1.28 bits per heavy atom. The average Bonchev–Trinajstić information content (AvgIpc) is 2.81. The normalized spacial score (nSPS) is 12.2. The maximum Gasteiger partial charge on any atom is 0.345 e. The molecule has 0 aliphatic rings. The molecule has 1 unspecified atom stereocenters. The zero-order valence-corrected chi connectivity index (χ0v) is 20.5. The van der Waals surface area contributed by atoms with Gasteiger partial charge in [-0.05, 0) is 25.0 Å². The van der Waals surface area contributed by atoms with Crippen LogP contribution in [0.25, 0.3) is 0 Å². The van der Waals surface area contributed by atoms with Crippen LogP contribution in [0.2, 0.25) is 0 Å². The Morgan fingerprint density at radius 3 is 1.78 bits per heavy atom. The first-order chi connectivity index (χ1) is 15.7. The smallest absolute Gasteiger partial charge is 0.345 e. The van der Waals surface area contributed by atoms with E-state index in [0.717, 1.165) is 13.0 Å². The van der Waals surface area contributed by atoms with E-state index in [1.165, 1.54) is 83.5 Å². The highest BCUT2D eigenvalue weighted by Gasteiger charge is 2.20. The second-order valence-corrected chi connectivity index (χ2v) is 8.74. The van der Waals surface area contributed by atoms with Crippen LogP contribution in [0.5, 0.6) is 0 Å². The molecule has 1 atom stereocenters. The molecular weight excluding hydrogens is 398 g/mol.